The van der Waals surface area contributed by atoms with Gasteiger partial charge in [0.15, 0.2) is 18.1 Å². The van der Waals surface area contributed by atoms with E-state index in [-0.39, 0.29) is 23.0 Å². The average Bonchev–Trinajstić information content (AvgIpc) is 2.67. The number of amides is 1. The number of ether oxygens (including phenoxy) is 3. The molecule has 7 nitrogen and oxygen atoms in total. The zero-order chi connectivity index (χ0) is 20.5. The summed E-state index contributed by atoms with van der Waals surface area (Å²) in [6.07, 6.45) is 0.536. The zero-order valence-corrected chi connectivity index (χ0v) is 15.0. The Kier molecular flexibility index (Phi) is 7.55. The van der Waals surface area contributed by atoms with E-state index in [9.17, 15) is 18.4 Å². The fourth-order valence-corrected chi connectivity index (χ4v) is 2.32. The molecule has 28 heavy (non-hydrogen) atoms. The molecule has 2 rings (SSSR count). The predicted octanol–water partition coefficient (Wildman–Crippen LogP) is 2.73. The highest BCUT2D eigenvalue weighted by atomic mass is 19.3. The van der Waals surface area contributed by atoms with Gasteiger partial charge in [-0.15, -0.1) is 0 Å². The Morgan fingerprint density at radius 3 is 2.43 bits per heavy atom. The molecule has 0 fully saturated rings. The predicted molar refractivity (Wildman–Crippen MR) is 95.2 cm³/mol. The van der Waals surface area contributed by atoms with E-state index in [2.05, 4.69) is 10.1 Å². The van der Waals surface area contributed by atoms with Crippen LogP contribution in [0.4, 0.5) is 8.78 Å². The van der Waals surface area contributed by atoms with Crippen LogP contribution in [0.15, 0.2) is 42.5 Å². The minimum atomic E-state index is -2.99. The first-order valence-electron chi connectivity index (χ1n) is 8.23. The summed E-state index contributed by atoms with van der Waals surface area (Å²) in [7, 11) is 1.29. The first-order chi connectivity index (χ1) is 13.4. The molecule has 0 unspecified atom stereocenters. The average molecular weight is 395 g/mol. The molecule has 0 saturated heterocycles. The van der Waals surface area contributed by atoms with Crippen molar-refractivity contribution in [2.75, 3.05) is 20.3 Å². The highest BCUT2D eigenvalue weighted by molar-refractivity contribution is 5.94. The molecule has 0 aliphatic heterocycles. The Bertz CT molecular complexity index is 811. The second-order valence-electron chi connectivity index (χ2n) is 5.58. The minimum absolute atomic E-state index is 0.0323. The smallest absolute Gasteiger partial charge is 0.387 e. The second-order valence-corrected chi connectivity index (χ2v) is 5.58. The number of hydrogen-bond acceptors (Lipinski definition) is 5. The normalized spacial score (nSPS) is 10.4. The van der Waals surface area contributed by atoms with Gasteiger partial charge in [0.05, 0.1) is 7.11 Å². The van der Waals surface area contributed by atoms with Crippen molar-refractivity contribution in [1.82, 2.24) is 5.32 Å². The summed E-state index contributed by atoms with van der Waals surface area (Å²) < 4.78 is 39.0. The standard InChI is InChI=1S/C19H19F2NO6/c1-26-16-10-13(4-7-15(16)28-19(20)21)18(25)22-9-8-12-2-5-14(6-3-12)27-11-17(23)24/h2-7,10,19H,8-9,11H2,1H3,(H,22,25)(H,23,24). The number of carboxylic acids is 1. The first kappa shape index (κ1) is 20.9. The highest BCUT2D eigenvalue weighted by Gasteiger charge is 2.14. The number of hydrogen-bond donors (Lipinski definition) is 2. The molecular formula is C19H19F2NO6. The third-order valence-corrected chi connectivity index (χ3v) is 3.63. The van der Waals surface area contributed by atoms with Crippen molar-refractivity contribution in [2.24, 2.45) is 0 Å². The Morgan fingerprint density at radius 2 is 1.82 bits per heavy atom. The monoisotopic (exact) mass is 395 g/mol. The maximum absolute atomic E-state index is 12.3. The van der Waals surface area contributed by atoms with Crippen LogP contribution in [-0.4, -0.2) is 43.9 Å². The third kappa shape index (κ3) is 6.42. The zero-order valence-electron chi connectivity index (χ0n) is 15.0. The van der Waals surface area contributed by atoms with Crippen LogP contribution in [0.1, 0.15) is 15.9 Å². The van der Waals surface area contributed by atoms with Crippen molar-refractivity contribution >= 4 is 11.9 Å². The van der Waals surface area contributed by atoms with Gasteiger partial charge in [0, 0.05) is 12.1 Å². The lowest BCUT2D eigenvalue weighted by atomic mass is 10.1. The molecule has 0 radical (unpaired) electrons. The summed E-state index contributed by atoms with van der Waals surface area (Å²) in [5.74, 6) is -1.13. The number of nitrogens with one attached hydrogen (secondary N) is 1. The van der Waals surface area contributed by atoms with E-state index >= 15 is 0 Å². The van der Waals surface area contributed by atoms with Crippen LogP contribution in [0.5, 0.6) is 17.2 Å². The molecule has 0 aliphatic rings. The van der Waals surface area contributed by atoms with Crippen molar-refractivity contribution < 1.29 is 37.7 Å². The van der Waals surface area contributed by atoms with Crippen LogP contribution in [-0.2, 0) is 11.2 Å². The molecule has 0 spiro atoms. The summed E-state index contributed by atoms with van der Waals surface area (Å²) in [5, 5.41) is 11.3. The summed E-state index contributed by atoms with van der Waals surface area (Å²) in [4.78, 5) is 22.7. The number of aliphatic carboxylic acids is 1. The van der Waals surface area contributed by atoms with Crippen molar-refractivity contribution in [3.63, 3.8) is 0 Å². The summed E-state index contributed by atoms with van der Waals surface area (Å²) in [6.45, 7) is -3.07. The maximum Gasteiger partial charge on any atom is 0.387 e. The van der Waals surface area contributed by atoms with Gasteiger partial charge in [-0.05, 0) is 42.3 Å². The van der Waals surface area contributed by atoms with E-state index < -0.39 is 19.2 Å². The lowest BCUT2D eigenvalue weighted by Crippen LogP contribution is -2.25. The highest BCUT2D eigenvalue weighted by Crippen LogP contribution is 2.29. The largest absolute Gasteiger partial charge is 0.493 e. The number of methoxy groups -OCH3 is 1. The van der Waals surface area contributed by atoms with E-state index in [1.807, 2.05) is 0 Å². The van der Waals surface area contributed by atoms with Gasteiger partial charge in [0.2, 0.25) is 0 Å². The molecule has 150 valence electrons. The molecule has 0 aromatic heterocycles. The molecule has 2 aromatic rings. The summed E-state index contributed by atoms with van der Waals surface area (Å²) >= 11 is 0. The lowest BCUT2D eigenvalue weighted by molar-refractivity contribution is -0.139. The second kappa shape index (κ2) is 10.1. The quantitative estimate of drug-likeness (QED) is 0.643. The van der Waals surface area contributed by atoms with Crippen molar-refractivity contribution in [2.45, 2.75) is 13.0 Å². The minimum Gasteiger partial charge on any atom is -0.493 e. The number of carbonyl (C=O) groups excluding carboxylic acids is 1. The van der Waals surface area contributed by atoms with Crippen LogP contribution < -0.4 is 19.5 Å². The molecule has 1 amide bonds. The number of carboxylic acid groups (broad SMARTS) is 1. The molecule has 2 N–H and O–H groups in total. The van der Waals surface area contributed by atoms with Gasteiger partial charge in [-0.3, -0.25) is 4.79 Å². The van der Waals surface area contributed by atoms with Gasteiger partial charge in [0.25, 0.3) is 5.91 Å². The van der Waals surface area contributed by atoms with Gasteiger partial charge in [-0.1, -0.05) is 12.1 Å². The third-order valence-electron chi connectivity index (χ3n) is 3.63. The summed E-state index contributed by atoms with van der Waals surface area (Å²) in [6, 6.07) is 10.8. The van der Waals surface area contributed by atoms with Crippen LogP contribution in [0.2, 0.25) is 0 Å². The molecule has 0 saturated carbocycles. The number of carbonyl (C=O) groups is 2. The Hall–Kier alpha value is -3.36. The molecular weight excluding hydrogens is 376 g/mol. The maximum atomic E-state index is 12.3. The molecule has 2 aromatic carbocycles. The van der Waals surface area contributed by atoms with Gasteiger partial charge in [0.1, 0.15) is 5.75 Å². The van der Waals surface area contributed by atoms with Crippen LogP contribution in [0.25, 0.3) is 0 Å². The number of rotatable bonds is 10. The summed E-state index contributed by atoms with van der Waals surface area (Å²) in [5.41, 5.74) is 1.16. The fourth-order valence-electron chi connectivity index (χ4n) is 2.32. The van der Waals surface area contributed by atoms with E-state index in [0.29, 0.717) is 18.7 Å². The molecule has 0 bridgehead atoms. The molecule has 0 atom stereocenters. The SMILES string of the molecule is COc1cc(C(=O)NCCc2ccc(OCC(=O)O)cc2)ccc1OC(F)F. The molecule has 0 heterocycles. The van der Waals surface area contributed by atoms with Crippen LogP contribution in [0, 0.1) is 0 Å². The van der Waals surface area contributed by atoms with Crippen LogP contribution in [0.3, 0.4) is 0 Å². The van der Waals surface area contributed by atoms with E-state index in [1.165, 1.54) is 25.3 Å². The fraction of sp³-hybridized carbons (Fsp3) is 0.263. The van der Waals surface area contributed by atoms with Gasteiger partial charge >= 0.3 is 12.6 Å². The van der Waals surface area contributed by atoms with Gasteiger partial charge in [-0.25, -0.2) is 4.79 Å². The van der Waals surface area contributed by atoms with Gasteiger partial charge < -0.3 is 24.6 Å². The lowest BCUT2D eigenvalue weighted by Gasteiger charge is -2.11. The van der Waals surface area contributed by atoms with Crippen molar-refractivity contribution in [3.05, 3.63) is 53.6 Å². The number of halogens is 2. The van der Waals surface area contributed by atoms with Crippen molar-refractivity contribution in [3.8, 4) is 17.2 Å². The number of benzene rings is 2. The Labute approximate surface area is 159 Å². The topological polar surface area (TPSA) is 94.1 Å². The van der Waals surface area contributed by atoms with Crippen LogP contribution >= 0.6 is 0 Å². The van der Waals surface area contributed by atoms with Crippen molar-refractivity contribution in [1.29, 1.82) is 0 Å². The number of alkyl halides is 2. The van der Waals surface area contributed by atoms with E-state index in [4.69, 9.17) is 14.6 Å². The molecule has 9 heteroatoms. The Morgan fingerprint density at radius 1 is 1.11 bits per heavy atom. The molecule has 0 aliphatic carbocycles. The van der Waals surface area contributed by atoms with E-state index in [0.717, 1.165) is 5.56 Å². The van der Waals surface area contributed by atoms with E-state index in [1.54, 1.807) is 24.3 Å². The van der Waals surface area contributed by atoms with Gasteiger partial charge in [-0.2, -0.15) is 8.78 Å². The Balaban J connectivity index is 1.87. The first-order valence-corrected chi connectivity index (χ1v) is 8.23.